The van der Waals surface area contributed by atoms with Gasteiger partial charge in [-0.15, -0.1) is 0 Å². The zero-order chi connectivity index (χ0) is 38.5. The van der Waals surface area contributed by atoms with Crippen molar-refractivity contribution in [3.05, 3.63) is 46.6 Å². The third kappa shape index (κ3) is 7.39. The average Bonchev–Trinajstić information content (AvgIpc) is 3.14. The van der Waals surface area contributed by atoms with E-state index in [2.05, 4.69) is 0 Å². The lowest BCUT2D eigenvalue weighted by atomic mass is 9.99. The molecule has 0 bridgehead atoms. The molecular weight excluding hydrogens is 716 g/mol. The van der Waals surface area contributed by atoms with Gasteiger partial charge in [0.25, 0.3) is 0 Å². The van der Waals surface area contributed by atoms with Crippen LogP contribution < -0.4 is 19.6 Å². The Morgan fingerprint density at radius 2 is 1.09 bits per heavy atom. The number of hydrogen-bond acceptors (Lipinski definition) is 20. The van der Waals surface area contributed by atoms with Crippen molar-refractivity contribution in [2.75, 3.05) is 13.2 Å². The summed E-state index contributed by atoms with van der Waals surface area (Å²) in [5.74, 6) is -1.92. The Labute approximate surface area is 298 Å². The molecule has 3 aromatic rings. The molecule has 0 radical (unpaired) electrons. The molecule has 1 aromatic heterocycles. The number of ether oxygens (including phenoxy) is 6. The van der Waals surface area contributed by atoms with E-state index in [0.717, 1.165) is 12.1 Å². The average molecular weight is 757 g/mol. The maximum atomic E-state index is 14.0. The van der Waals surface area contributed by atoms with Crippen LogP contribution in [-0.4, -0.2) is 167 Å². The fourth-order valence-corrected chi connectivity index (χ4v) is 6.13. The van der Waals surface area contributed by atoms with E-state index in [4.69, 9.17) is 32.8 Å². The first kappa shape index (κ1) is 39.0. The second-order valence-electron chi connectivity index (χ2n) is 12.9. The highest BCUT2D eigenvalue weighted by atomic mass is 16.7. The van der Waals surface area contributed by atoms with Crippen molar-refractivity contribution in [2.24, 2.45) is 0 Å². The van der Waals surface area contributed by atoms with Crippen molar-refractivity contribution in [1.82, 2.24) is 0 Å². The van der Waals surface area contributed by atoms with Crippen LogP contribution in [0.15, 0.2) is 45.6 Å². The number of aromatic hydroxyl groups is 1. The molecule has 0 spiro atoms. The van der Waals surface area contributed by atoms with E-state index >= 15 is 0 Å². The van der Waals surface area contributed by atoms with Gasteiger partial charge >= 0.3 is 0 Å². The van der Waals surface area contributed by atoms with E-state index in [9.17, 15) is 66.1 Å². The maximum absolute atomic E-state index is 14.0. The summed E-state index contributed by atoms with van der Waals surface area (Å²) >= 11 is 0. The van der Waals surface area contributed by atoms with Crippen LogP contribution >= 0.6 is 0 Å². The quantitative estimate of drug-likeness (QED) is 0.0983. The molecular formula is C33H40O20. The number of hydrogen-bond donors (Lipinski definition) is 12. The van der Waals surface area contributed by atoms with Gasteiger partial charge in [-0.2, -0.15) is 0 Å². The van der Waals surface area contributed by atoms with Gasteiger partial charge in [-0.3, -0.25) is 4.79 Å². The Balaban J connectivity index is 1.37. The van der Waals surface area contributed by atoms with Gasteiger partial charge in [0.2, 0.25) is 30.0 Å². The zero-order valence-electron chi connectivity index (χ0n) is 27.7. The molecule has 0 saturated carbocycles. The molecule has 6 rings (SSSR count). The van der Waals surface area contributed by atoms with Crippen LogP contribution in [0.2, 0.25) is 0 Å². The second-order valence-corrected chi connectivity index (χ2v) is 12.9. The number of aliphatic hydroxyl groups is 11. The van der Waals surface area contributed by atoms with Gasteiger partial charge in [-0.1, -0.05) is 0 Å². The van der Waals surface area contributed by atoms with Crippen LogP contribution in [0.4, 0.5) is 0 Å². The molecule has 2 aromatic carbocycles. The summed E-state index contributed by atoms with van der Waals surface area (Å²) < 4.78 is 39.3. The summed E-state index contributed by atoms with van der Waals surface area (Å²) in [7, 11) is 0. The van der Waals surface area contributed by atoms with Crippen LogP contribution in [0.3, 0.4) is 0 Å². The predicted molar refractivity (Wildman–Crippen MR) is 171 cm³/mol. The molecule has 4 heterocycles. The Hall–Kier alpha value is -3.71. The summed E-state index contributed by atoms with van der Waals surface area (Å²) in [6.45, 7) is -0.0430. The first-order valence-corrected chi connectivity index (χ1v) is 16.4. The minimum atomic E-state index is -1.86. The lowest BCUT2D eigenvalue weighted by Gasteiger charge is -2.39. The van der Waals surface area contributed by atoms with Gasteiger partial charge in [0.15, 0.2) is 5.76 Å². The van der Waals surface area contributed by atoms with Crippen molar-refractivity contribution in [1.29, 1.82) is 0 Å². The minimum absolute atomic E-state index is 0.0357. The molecule has 53 heavy (non-hydrogen) atoms. The van der Waals surface area contributed by atoms with Crippen LogP contribution in [0, 0.1) is 0 Å². The molecule has 292 valence electrons. The molecule has 20 nitrogen and oxygen atoms in total. The molecule has 3 aliphatic heterocycles. The smallest absolute Gasteiger partial charge is 0.239 e. The topological polar surface area (TPSA) is 328 Å². The SMILES string of the molecule is C[C@@H]1O[C@@H](Oc2c(-c3ccc(O[C@@H]4O[C@H](CO)[C@@H](O)[C@H](O)[C@H]4O)cc3)oc3cc(O[C@@H]4O[C@H](CO)[C@@H](O)[C@H](O)[C@H]4O)cc(O)c3c2=O)[C@H](O)[C@H](O)[C@H]1O. The maximum Gasteiger partial charge on any atom is 0.239 e. The van der Waals surface area contributed by atoms with Crippen molar-refractivity contribution < 1.29 is 94.1 Å². The third-order valence-corrected chi connectivity index (χ3v) is 9.27. The number of rotatable bonds is 9. The lowest BCUT2D eigenvalue weighted by molar-refractivity contribution is -0.277. The van der Waals surface area contributed by atoms with E-state index in [1.54, 1.807) is 0 Å². The Morgan fingerprint density at radius 1 is 0.604 bits per heavy atom. The fourth-order valence-electron chi connectivity index (χ4n) is 6.13. The molecule has 0 aliphatic carbocycles. The van der Waals surface area contributed by atoms with E-state index < -0.39 is 128 Å². The molecule has 3 fully saturated rings. The molecule has 20 heteroatoms. The number of fused-ring (bicyclic) bond motifs is 1. The monoisotopic (exact) mass is 756 g/mol. The predicted octanol–water partition coefficient (Wildman–Crippen LogP) is -4.27. The molecule has 0 amide bonds. The van der Waals surface area contributed by atoms with Crippen LogP contribution in [0.25, 0.3) is 22.3 Å². The standard InChI is InChI=1S/C33H40O20/c1-10-19(37)23(41)26(44)31(47-10)53-30-22(40)18-14(36)6-13(49-33-28(46)25(43)21(39)17(9-35)52-33)7-15(18)50-29(30)11-2-4-12(5-3-11)48-32-27(45)24(42)20(38)16(8-34)51-32/h2-7,10,16-17,19-21,23-28,31-39,41-46H,8-9H2,1H3/t10-,16+,17+,19-,20+,21+,23+,24-,25-,26+,27+,28+,31-,32+,33+/m0/s1. The van der Waals surface area contributed by atoms with E-state index in [0.29, 0.717) is 0 Å². The molecule has 3 saturated heterocycles. The van der Waals surface area contributed by atoms with E-state index in [1.165, 1.54) is 31.2 Å². The lowest BCUT2D eigenvalue weighted by Crippen LogP contribution is -2.60. The van der Waals surface area contributed by atoms with Crippen molar-refractivity contribution >= 4 is 11.0 Å². The largest absolute Gasteiger partial charge is 0.507 e. The van der Waals surface area contributed by atoms with Crippen molar-refractivity contribution in [3.63, 3.8) is 0 Å². The highest BCUT2D eigenvalue weighted by Gasteiger charge is 2.47. The molecule has 12 N–H and O–H groups in total. The minimum Gasteiger partial charge on any atom is -0.507 e. The summed E-state index contributed by atoms with van der Waals surface area (Å²) in [6, 6.07) is 7.43. The molecule has 0 unspecified atom stereocenters. The van der Waals surface area contributed by atoms with Gasteiger partial charge in [0.05, 0.1) is 19.3 Å². The van der Waals surface area contributed by atoms with E-state index in [1.807, 2.05) is 0 Å². The third-order valence-electron chi connectivity index (χ3n) is 9.27. The highest BCUT2D eigenvalue weighted by molar-refractivity contribution is 5.88. The summed E-state index contributed by atoms with van der Waals surface area (Å²) in [4.78, 5) is 14.0. The summed E-state index contributed by atoms with van der Waals surface area (Å²) in [5, 5.41) is 122. The van der Waals surface area contributed by atoms with Gasteiger partial charge in [0, 0.05) is 17.7 Å². The Morgan fingerprint density at radius 3 is 1.62 bits per heavy atom. The summed E-state index contributed by atoms with van der Waals surface area (Å²) in [5.41, 5.74) is -1.24. The Kier molecular flexibility index (Phi) is 11.5. The molecule has 3 aliphatic rings. The van der Waals surface area contributed by atoms with Gasteiger partial charge in [0.1, 0.15) is 95.4 Å². The van der Waals surface area contributed by atoms with Crippen molar-refractivity contribution in [3.8, 4) is 34.3 Å². The van der Waals surface area contributed by atoms with E-state index in [-0.39, 0.29) is 28.4 Å². The fraction of sp³-hybridized carbons (Fsp3) is 0.545. The van der Waals surface area contributed by atoms with Gasteiger partial charge < -0.3 is 94.1 Å². The second kappa shape index (κ2) is 15.6. The van der Waals surface area contributed by atoms with Crippen LogP contribution in [0.5, 0.6) is 23.0 Å². The first-order valence-electron chi connectivity index (χ1n) is 16.4. The highest BCUT2D eigenvalue weighted by Crippen LogP contribution is 2.39. The van der Waals surface area contributed by atoms with Crippen LogP contribution in [0.1, 0.15) is 6.92 Å². The first-order chi connectivity index (χ1) is 25.1. The summed E-state index contributed by atoms with van der Waals surface area (Å²) in [6.07, 6.45) is -23.9. The number of aliphatic hydroxyl groups excluding tert-OH is 11. The number of benzene rings is 2. The van der Waals surface area contributed by atoms with Crippen molar-refractivity contribution in [2.45, 2.75) is 99.0 Å². The van der Waals surface area contributed by atoms with Crippen LogP contribution in [-0.2, 0) is 14.2 Å². The Bertz CT molecular complexity index is 1780. The van der Waals surface area contributed by atoms with Gasteiger partial charge in [-0.25, -0.2) is 0 Å². The zero-order valence-corrected chi connectivity index (χ0v) is 27.7. The number of phenols is 1. The normalized spacial score (nSPS) is 37.7. The van der Waals surface area contributed by atoms with Gasteiger partial charge in [-0.05, 0) is 31.2 Å². The number of phenolic OH excluding ortho intramolecular Hbond substituents is 1. The molecule has 15 atom stereocenters.